The number of rotatable bonds is 8. The second-order valence-corrected chi connectivity index (χ2v) is 9.81. The number of ether oxygens (including phenoxy) is 1. The highest BCUT2D eigenvalue weighted by Gasteiger charge is 2.12. The van der Waals surface area contributed by atoms with Gasteiger partial charge in [-0.2, -0.15) is 5.26 Å². The van der Waals surface area contributed by atoms with Crippen molar-refractivity contribution in [2.24, 2.45) is 0 Å². The molecule has 0 saturated carbocycles. The molecule has 0 unspecified atom stereocenters. The zero-order chi connectivity index (χ0) is 27.2. The molecule has 3 aromatic carbocycles. The van der Waals surface area contributed by atoms with Gasteiger partial charge in [-0.3, -0.25) is 0 Å². The molecule has 0 aliphatic heterocycles. The summed E-state index contributed by atoms with van der Waals surface area (Å²) in [4.78, 5) is 12.9. The summed E-state index contributed by atoms with van der Waals surface area (Å²) < 4.78 is 7.49. The lowest BCUT2D eigenvalue weighted by molar-refractivity contribution is -0.132. The molecular weight excluding hydrogens is 504 g/mol. The second-order valence-electron chi connectivity index (χ2n) is 8.69. The van der Waals surface area contributed by atoms with Crippen LogP contribution in [0.4, 0.5) is 0 Å². The maximum absolute atomic E-state index is 11.2. The van der Waals surface area contributed by atoms with Crippen LogP contribution in [0.1, 0.15) is 16.0 Å². The summed E-state index contributed by atoms with van der Waals surface area (Å²) >= 11 is 1.45. The van der Waals surface area contributed by atoms with Gasteiger partial charge < -0.3 is 14.4 Å². The minimum atomic E-state index is -1.23. The number of hydrogen-bond acceptors (Lipinski definition) is 4. The number of carboxylic acids is 1. The number of aromatic nitrogens is 1. The number of carboxylic acid groups (broad SMARTS) is 1. The highest BCUT2D eigenvalue weighted by molar-refractivity contribution is 7.16. The quantitative estimate of drug-likeness (QED) is 0.125. The van der Waals surface area contributed by atoms with Gasteiger partial charge in [0.15, 0.2) is 0 Å². The van der Waals surface area contributed by atoms with E-state index in [0.29, 0.717) is 4.88 Å². The van der Waals surface area contributed by atoms with Gasteiger partial charge in [-0.15, -0.1) is 11.3 Å². The van der Waals surface area contributed by atoms with Crippen LogP contribution in [-0.4, -0.2) is 22.8 Å². The van der Waals surface area contributed by atoms with Crippen molar-refractivity contribution < 1.29 is 14.6 Å². The van der Waals surface area contributed by atoms with Gasteiger partial charge in [0.25, 0.3) is 0 Å². The molecule has 1 N–H and O–H groups in total. The van der Waals surface area contributed by atoms with Crippen molar-refractivity contribution >= 4 is 46.4 Å². The number of benzene rings is 3. The molecule has 0 spiro atoms. The molecule has 0 radical (unpaired) electrons. The van der Waals surface area contributed by atoms with Crippen LogP contribution in [0.5, 0.6) is 5.75 Å². The van der Waals surface area contributed by atoms with Crippen LogP contribution in [0.25, 0.3) is 45.3 Å². The zero-order valence-electron chi connectivity index (χ0n) is 21.1. The molecule has 0 fully saturated rings. The molecule has 0 bridgehead atoms. The predicted molar refractivity (Wildman–Crippen MR) is 159 cm³/mol. The average molecular weight is 529 g/mol. The summed E-state index contributed by atoms with van der Waals surface area (Å²) in [6.07, 6.45) is 11.8. The Hall–Kier alpha value is -5.12. The number of allylic oxidation sites excluding steroid dienone is 2. The Labute approximate surface area is 230 Å². The third-order valence-corrected chi connectivity index (χ3v) is 7.29. The molecule has 0 amide bonds. The first kappa shape index (κ1) is 25.5. The van der Waals surface area contributed by atoms with Crippen molar-refractivity contribution in [3.05, 3.63) is 125 Å². The Balaban J connectivity index is 1.55. The predicted octanol–water partition coefficient (Wildman–Crippen LogP) is 8.09. The molecule has 190 valence electrons. The van der Waals surface area contributed by atoms with Crippen molar-refractivity contribution in [1.29, 1.82) is 5.26 Å². The largest absolute Gasteiger partial charge is 0.497 e. The average Bonchev–Trinajstić information content (AvgIpc) is 3.59. The number of nitriles is 1. The van der Waals surface area contributed by atoms with E-state index in [-0.39, 0.29) is 5.57 Å². The maximum Gasteiger partial charge on any atom is 0.346 e. The fraction of sp³-hybridized carbons (Fsp3) is 0.0303. The highest BCUT2D eigenvalue weighted by atomic mass is 32.1. The Bertz CT molecular complexity index is 1770. The van der Waals surface area contributed by atoms with E-state index in [9.17, 15) is 9.90 Å². The number of nitrogens with zero attached hydrogens (tertiary/aromatic N) is 2. The van der Waals surface area contributed by atoms with Crippen LogP contribution in [-0.2, 0) is 4.79 Å². The first-order valence-electron chi connectivity index (χ1n) is 12.2. The molecule has 2 heterocycles. The van der Waals surface area contributed by atoms with Gasteiger partial charge in [-0.1, -0.05) is 60.7 Å². The van der Waals surface area contributed by atoms with Crippen molar-refractivity contribution in [3.8, 4) is 27.9 Å². The molecule has 0 aliphatic rings. The molecule has 0 aliphatic carbocycles. The topological polar surface area (TPSA) is 75.2 Å². The van der Waals surface area contributed by atoms with Gasteiger partial charge in [0.05, 0.1) is 12.6 Å². The van der Waals surface area contributed by atoms with E-state index in [1.165, 1.54) is 17.4 Å². The van der Waals surface area contributed by atoms with Gasteiger partial charge in [0.1, 0.15) is 17.4 Å². The first-order chi connectivity index (χ1) is 19.1. The number of methoxy groups -OCH3 is 1. The number of fused-ring (bicyclic) bond motifs is 1. The Morgan fingerprint density at radius 2 is 1.74 bits per heavy atom. The normalized spacial score (nSPS) is 11.8. The van der Waals surface area contributed by atoms with Crippen molar-refractivity contribution in [1.82, 2.24) is 4.57 Å². The molecular formula is C33H24N2O3S. The van der Waals surface area contributed by atoms with Crippen LogP contribution in [0.3, 0.4) is 0 Å². The Morgan fingerprint density at radius 3 is 2.46 bits per heavy atom. The second kappa shape index (κ2) is 11.5. The summed E-state index contributed by atoms with van der Waals surface area (Å²) in [5.74, 6) is -0.430. The van der Waals surface area contributed by atoms with E-state index < -0.39 is 5.97 Å². The summed E-state index contributed by atoms with van der Waals surface area (Å²) in [5, 5.41) is 19.4. The Kier molecular flexibility index (Phi) is 7.53. The van der Waals surface area contributed by atoms with Gasteiger partial charge in [0.2, 0.25) is 0 Å². The molecule has 5 rings (SSSR count). The minimum absolute atomic E-state index is 0.286. The molecule has 0 saturated heterocycles. The highest BCUT2D eigenvalue weighted by Crippen LogP contribution is 2.34. The van der Waals surface area contributed by atoms with Gasteiger partial charge >= 0.3 is 5.97 Å². The van der Waals surface area contributed by atoms with E-state index in [1.807, 2.05) is 66.7 Å². The van der Waals surface area contributed by atoms with Crippen molar-refractivity contribution in [3.63, 3.8) is 0 Å². The van der Waals surface area contributed by atoms with Gasteiger partial charge in [0, 0.05) is 32.6 Å². The van der Waals surface area contributed by atoms with Crippen LogP contribution in [0, 0.1) is 11.3 Å². The summed E-state index contributed by atoms with van der Waals surface area (Å²) in [6, 6.07) is 29.9. The lowest BCUT2D eigenvalue weighted by atomic mass is 10.1. The minimum Gasteiger partial charge on any atom is -0.497 e. The molecule has 39 heavy (non-hydrogen) atoms. The van der Waals surface area contributed by atoms with Crippen LogP contribution >= 0.6 is 11.3 Å². The monoisotopic (exact) mass is 528 g/mol. The van der Waals surface area contributed by atoms with E-state index in [4.69, 9.17) is 10.00 Å². The van der Waals surface area contributed by atoms with Crippen LogP contribution < -0.4 is 4.74 Å². The summed E-state index contributed by atoms with van der Waals surface area (Å²) in [5.41, 5.74) is 5.01. The molecule has 5 nitrogen and oxygen atoms in total. The zero-order valence-corrected chi connectivity index (χ0v) is 21.9. The van der Waals surface area contributed by atoms with E-state index in [1.54, 1.807) is 13.2 Å². The summed E-state index contributed by atoms with van der Waals surface area (Å²) in [7, 11) is 1.65. The number of hydrogen-bond donors (Lipinski definition) is 1. The molecule has 2 aromatic heterocycles. The van der Waals surface area contributed by atoms with E-state index in [2.05, 4.69) is 53.2 Å². The Morgan fingerprint density at radius 1 is 0.974 bits per heavy atom. The fourth-order valence-electron chi connectivity index (χ4n) is 4.26. The standard InChI is InChI=1S/C33H24N2O3S/c1-38-28-14-12-27(13-15-28)35-22-25(10-6-5-9-23-7-3-2-4-8-23)30-20-24(11-17-31(30)35)32-18-16-29(39-32)19-26(21-34)33(36)37/h2-20,22H,1H3,(H,36,37)/b9-5+,10-6+,26-19+. The number of carbonyl (C=O) groups is 1. The third kappa shape index (κ3) is 5.74. The van der Waals surface area contributed by atoms with Gasteiger partial charge in [-0.25, -0.2) is 4.79 Å². The lowest BCUT2D eigenvalue weighted by Crippen LogP contribution is -1.96. The van der Waals surface area contributed by atoms with Crippen molar-refractivity contribution in [2.45, 2.75) is 0 Å². The third-order valence-electron chi connectivity index (χ3n) is 6.21. The smallest absolute Gasteiger partial charge is 0.346 e. The van der Waals surface area contributed by atoms with E-state index >= 15 is 0 Å². The van der Waals surface area contributed by atoms with Gasteiger partial charge in [-0.05, 0) is 65.7 Å². The number of aliphatic carboxylic acids is 1. The number of thiophene rings is 1. The fourth-order valence-corrected chi connectivity index (χ4v) is 5.21. The lowest BCUT2D eigenvalue weighted by Gasteiger charge is -2.07. The molecule has 5 aromatic rings. The van der Waals surface area contributed by atoms with E-state index in [0.717, 1.165) is 43.9 Å². The molecule has 0 atom stereocenters. The van der Waals surface area contributed by atoms with Crippen LogP contribution in [0.15, 0.2) is 109 Å². The molecule has 6 heteroatoms. The van der Waals surface area contributed by atoms with Crippen molar-refractivity contribution in [2.75, 3.05) is 7.11 Å². The SMILES string of the molecule is COc1ccc(-n2cc(/C=C/C=C/c3ccccc3)c3cc(-c4ccc(/C=C(\C#N)C(=O)O)s4)ccc32)cc1. The first-order valence-corrected chi connectivity index (χ1v) is 13.0. The summed E-state index contributed by atoms with van der Waals surface area (Å²) in [6.45, 7) is 0. The van der Waals surface area contributed by atoms with Crippen LogP contribution in [0.2, 0.25) is 0 Å². The maximum atomic E-state index is 11.2.